The fourth-order valence-corrected chi connectivity index (χ4v) is 3.77. The number of halogens is 1. The Hall–Kier alpha value is -1.07. The summed E-state index contributed by atoms with van der Waals surface area (Å²) < 4.78 is 24.6. The molecule has 0 saturated carbocycles. The smallest absolute Gasteiger partial charge is 0.225 e. The van der Waals surface area contributed by atoms with E-state index in [0.717, 1.165) is 0 Å². The average molecular weight is 302 g/mol. The molecule has 1 aromatic carbocycles. The van der Waals surface area contributed by atoms with Crippen LogP contribution < -0.4 is 0 Å². The van der Waals surface area contributed by atoms with Gasteiger partial charge in [-0.3, -0.25) is 4.79 Å². The number of hydrogen-bond acceptors (Lipinski definition) is 3. The van der Waals surface area contributed by atoms with Crippen molar-refractivity contribution in [3.05, 3.63) is 29.3 Å². The zero-order valence-electron chi connectivity index (χ0n) is 10.8. The van der Waals surface area contributed by atoms with E-state index >= 15 is 0 Å². The molecule has 4 nitrogen and oxygen atoms in total. The van der Waals surface area contributed by atoms with Crippen LogP contribution in [0.15, 0.2) is 29.2 Å². The molecule has 1 aliphatic rings. The third-order valence-corrected chi connectivity index (χ3v) is 5.59. The standard InChI is InChI=1S/C13H16ClNO3S/c1-9(2)13(16)15-7-12(8-15)19(17,18)11-5-3-10(14)4-6-11/h3-6,9,12H,7-8H2,1-2H3. The molecule has 0 aromatic heterocycles. The van der Waals surface area contributed by atoms with Crippen molar-refractivity contribution >= 4 is 27.3 Å². The van der Waals surface area contributed by atoms with Gasteiger partial charge in [-0.1, -0.05) is 25.4 Å². The van der Waals surface area contributed by atoms with E-state index < -0.39 is 15.1 Å². The Labute approximate surface area is 118 Å². The van der Waals surface area contributed by atoms with Gasteiger partial charge in [0, 0.05) is 24.0 Å². The maximum absolute atomic E-state index is 12.3. The van der Waals surface area contributed by atoms with Crippen LogP contribution in [0.1, 0.15) is 13.8 Å². The third-order valence-electron chi connectivity index (χ3n) is 3.23. The molecular formula is C13H16ClNO3S. The predicted octanol–water partition coefficient (Wildman–Crippen LogP) is 1.98. The Morgan fingerprint density at radius 1 is 1.26 bits per heavy atom. The largest absolute Gasteiger partial charge is 0.340 e. The third kappa shape index (κ3) is 2.77. The average Bonchev–Trinajstić information content (AvgIpc) is 2.26. The summed E-state index contributed by atoms with van der Waals surface area (Å²) in [6.45, 7) is 4.18. The maximum atomic E-state index is 12.3. The fourth-order valence-electron chi connectivity index (χ4n) is 2.00. The minimum atomic E-state index is -3.36. The van der Waals surface area contributed by atoms with Gasteiger partial charge in [-0.05, 0) is 24.3 Å². The molecule has 0 unspecified atom stereocenters. The van der Waals surface area contributed by atoms with Gasteiger partial charge in [0.05, 0.1) is 4.90 Å². The molecule has 104 valence electrons. The van der Waals surface area contributed by atoms with Crippen LogP contribution in [0.5, 0.6) is 0 Å². The van der Waals surface area contributed by atoms with Crippen LogP contribution in [-0.2, 0) is 14.6 Å². The Kier molecular flexibility index (Phi) is 3.87. The molecule has 2 rings (SSSR count). The zero-order valence-corrected chi connectivity index (χ0v) is 12.4. The van der Waals surface area contributed by atoms with E-state index in [4.69, 9.17) is 11.6 Å². The topological polar surface area (TPSA) is 54.5 Å². The lowest BCUT2D eigenvalue weighted by atomic mass is 10.1. The normalized spacial score (nSPS) is 16.5. The van der Waals surface area contributed by atoms with Gasteiger partial charge in [-0.2, -0.15) is 0 Å². The number of rotatable bonds is 3. The van der Waals surface area contributed by atoms with Gasteiger partial charge in [0.25, 0.3) is 0 Å². The van der Waals surface area contributed by atoms with Gasteiger partial charge in [-0.25, -0.2) is 8.42 Å². The number of carbonyl (C=O) groups excluding carboxylic acids is 1. The van der Waals surface area contributed by atoms with E-state index in [1.165, 1.54) is 12.1 Å². The summed E-state index contributed by atoms with van der Waals surface area (Å²) in [5.41, 5.74) is 0. The van der Waals surface area contributed by atoms with Gasteiger partial charge >= 0.3 is 0 Å². The molecule has 1 heterocycles. The summed E-state index contributed by atoms with van der Waals surface area (Å²) in [7, 11) is -3.36. The first-order valence-corrected chi connectivity index (χ1v) is 8.03. The second-order valence-electron chi connectivity index (χ2n) is 5.02. The Morgan fingerprint density at radius 3 is 2.26 bits per heavy atom. The first-order valence-electron chi connectivity index (χ1n) is 6.10. The highest BCUT2D eigenvalue weighted by Crippen LogP contribution is 2.25. The number of carbonyl (C=O) groups is 1. The van der Waals surface area contributed by atoms with Crippen LogP contribution in [0.4, 0.5) is 0 Å². The molecule has 0 atom stereocenters. The lowest BCUT2D eigenvalue weighted by Gasteiger charge is -2.39. The fraction of sp³-hybridized carbons (Fsp3) is 0.462. The molecule has 0 aliphatic carbocycles. The summed E-state index contributed by atoms with van der Waals surface area (Å²) in [6.07, 6.45) is 0. The van der Waals surface area contributed by atoms with Crippen LogP contribution in [0.2, 0.25) is 5.02 Å². The molecule has 1 aliphatic heterocycles. The van der Waals surface area contributed by atoms with E-state index in [9.17, 15) is 13.2 Å². The van der Waals surface area contributed by atoms with Crippen molar-refractivity contribution in [1.29, 1.82) is 0 Å². The van der Waals surface area contributed by atoms with E-state index in [0.29, 0.717) is 5.02 Å². The highest BCUT2D eigenvalue weighted by molar-refractivity contribution is 7.92. The number of hydrogen-bond donors (Lipinski definition) is 0. The van der Waals surface area contributed by atoms with Gasteiger partial charge in [0.1, 0.15) is 5.25 Å². The SMILES string of the molecule is CC(C)C(=O)N1CC(S(=O)(=O)c2ccc(Cl)cc2)C1. The molecule has 6 heteroatoms. The monoisotopic (exact) mass is 301 g/mol. The van der Waals surface area contributed by atoms with Gasteiger partial charge < -0.3 is 4.90 Å². The van der Waals surface area contributed by atoms with Crippen LogP contribution in [0.25, 0.3) is 0 Å². The maximum Gasteiger partial charge on any atom is 0.225 e. The van der Waals surface area contributed by atoms with Crippen molar-refractivity contribution in [2.75, 3.05) is 13.1 Å². The van der Waals surface area contributed by atoms with Crippen molar-refractivity contribution in [1.82, 2.24) is 4.90 Å². The van der Waals surface area contributed by atoms with E-state index in [-0.39, 0.29) is 29.8 Å². The van der Waals surface area contributed by atoms with E-state index in [2.05, 4.69) is 0 Å². The van der Waals surface area contributed by atoms with Crippen molar-refractivity contribution in [3.8, 4) is 0 Å². The molecule has 0 N–H and O–H groups in total. The summed E-state index contributed by atoms with van der Waals surface area (Å²) in [6, 6.07) is 6.13. The van der Waals surface area contributed by atoms with Crippen molar-refractivity contribution in [3.63, 3.8) is 0 Å². The molecular weight excluding hydrogens is 286 g/mol. The van der Waals surface area contributed by atoms with Gasteiger partial charge in [0.2, 0.25) is 5.91 Å². The number of amides is 1. The minimum Gasteiger partial charge on any atom is -0.340 e. The molecule has 0 radical (unpaired) electrons. The van der Waals surface area contributed by atoms with Crippen molar-refractivity contribution < 1.29 is 13.2 Å². The lowest BCUT2D eigenvalue weighted by molar-refractivity contribution is -0.137. The van der Waals surface area contributed by atoms with Gasteiger partial charge in [-0.15, -0.1) is 0 Å². The second kappa shape index (κ2) is 5.13. The quantitative estimate of drug-likeness (QED) is 0.858. The van der Waals surface area contributed by atoms with Crippen molar-refractivity contribution in [2.24, 2.45) is 5.92 Å². The van der Waals surface area contributed by atoms with E-state index in [1.807, 2.05) is 13.8 Å². The van der Waals surface area contributed by atoms with Gasteiger partial charge in [0.15, 0.2) is 9.84 Å². The Balaban J connectivity index is 2.08. The predicted molar refractivity (Wildman–Crippen MR) is 73.8 cm³/mol. The summed E-state index contributed by atoms with van der Waals surface area (Å²) in [5, 5.41) is 0.000507. The number of benzene rings is 1. The summed E-state index contributed by atoms with van der Waals surface area (Å²) >= 11 is 5.74. The van der Waals surface area contributed by atoms with Crippen LogP contribution in [0, 0.1) is 5.92 Å². The Bertz CT molecular complexity index is 574. The molecule has 1 fully saturated rings. The molecule has 1 saturated heterocycles. The first-order chi connectivity index (χ1) is 8.82. The molecule has 0 bridgehead atoms. The molecule has 19 heavy (non-hydrogen) atoms. The van der Waals surface area contributed by atoms with Crippen LogP contribution in [0.3, 0.4) is 0 Å². The van der Waals surface area contributed by atoms with Crippen molar-refractivity contribution in [2.45, 2.75) is 24.0 Å². The molecule has 1 amide bonds. The Morgan fingerprint density at radius 2 is 1.79 bits per heavy atom. The first kappa shape index (κ1) is 14.3. The summed E-state index contributed by atoms with van der Waals surface area (Å²) in [5.74, 6) is -0.0956. The summed E-state index contributed by atoms with van der Waals surface area (Å²) in [4.78, 5) is 13.5. The lowest BCUT2D eigenvalue weighted by Crippen LogP contribution is -2.57. The van der Waals surface area contributed by atoms with Crippen LogP contribution >= 0.6 is 11.6 Å². The minimum absolute atomic E-state index is 0.00237. The zero-order chi connectivity index (χ0) is 14.2. The second-order valence-corrected chi connectivity index (χ2v) is 7.68. The number of likely N-dealkylation sites (tertiary alicyclic amines) is 1. The molecule has 0 spiro atoms. The number of nitrogens with zero attached hydrogens (tertiary/aromatic N) is 1. The highest BCUT2D eigenvalue weighted by Gasteiger charge is 2.40. The van der Waals surface area contributed by atoms with E-state index in [1.54, 1.807) is 17.0 Å². The van der Waals surface area contributed by atoms with Crippen LogP contribution in [-0.4, -0.2) is 37.6 Å². The number of sulfone groups is 1. The highest BCUT2D eigenvalue weighted by atomic mass is 35.5. The molecule has 1 aromatic rings.